The number of carbonyl (C=O) groups is 1. The summed E-state index contributed by atoms with van der Waals surface area (Å²) < 4.78 is 0. The molecule has 0 radical (unpaired) electrons. The highest BCUT2D eigenvalue weighted by molar-refractivity contribution is 6.07. The summed E-state index contributed by atoms with van der Waals surface area (Å²) in [5, 5.41) is 8.76. The van der Waals surface area contributed by atoms with E-state index in [-0.39, 0.29) is 12.1 Å². The third-order valence-corrected chi connectivity index (χ3v) is 5.09. The molecule has 0 saturated heterocycles. The van der Waals surface area contributed by atoms with Crippen molar-refractivity contribution in [2.75, 3.05) is 10.6 Å². The number of amides is 2. The van der Waals surface area contributed by atoms with E-state index in [2.05, 4.69) is 38.1 Å². The van der Waals surface area contributed by atoms with E-state index in [0.29, 0.717) is 17.6 Å². The highest BCUT2D eigenvalue weighted by Crippen LogP contribution is 2.23. The molecule has 3 N–H and O–H groups in total. The third kappa shape index (κ3) is 5.45. The molecule has 0 unspecified atom stereocenters. The van der Waals surface area contributed by atoms with Gasteiger partial charge < -0.3 is 5.32 Å². The maximum atomic E-state index is 12.6. The standard InChI is InChI=1S/C24H26N6O/c1-15-8-10-20(11-9-15)28-24(31)30-23(29-22-25-16(2)12-17(3)26-22)27-21-13-18-6-4-5-7-19(18)14-21/h4-12,21H,13-14H2,1-3H3,(H3,25,26,27,28,29,30,31). The van der Waals surface area contributed by atoms with Crippen molar-refractivity contribution in [2.45, 2.75) is 39.7 Å². The Hall–Kier alpha value is -3.74. The van der Waals surface area contributed by atoms with Gasteiger partial charge in [0.05, 0.1) is 6.04 Å². The molecular formula is C24H26N6O. The largest absolute Gasteiger partial charge is 0.326 e. The smallest absolute Gasteiger partial charge is 0.308 e. The molecule has 0 aliphatic heterocycles. The van der Waals surface area contributed by atoms with E-state index in [9.17, 15) is 4.79 Å². The van der Waals surface area contributed by atoms with Crippen molar-refractivity contribution >= 4 is 23.6 Å². The molecule has 4 rings (SSSR count). The van der Waals surface area contributed by atoms with Gasteiger partial charge in [0.15, 0.2) is 0 Å². The number of benzene rings is 2. The molecule has 2 amide bonds. The average Bonchev–Trinajstić information content (AvgIpc) is 3.11. The molecule has 2 aromatic carbocycles. The number of anilines is 2. The number of rotatable bonds is 3. The van der Waals surface area contributed by atoms with E-state index in [1.54, 1.807) is 0 Å². The molecule has 1 heterocycles. The predicted octanol–water partition coefficient (Wildman–Crippen LogP) is 4.16. The van der Waals surface area contributed by atoms with Gasteiger partial charge in [0.1, 0.15) is 0 Å². The topological polar surface area (TPSA) is 91.3 Å². The van der Waals surface area contributed by atoms with Crippen LogP contribution in [0.15, 0.2) is 59.6 Å². The van der Waals surface area contributed by atoms with Gasteiger partial charge in [-0.05, 0) is 62.9 Å². The summed E-state index contributed by atoms with van der Waals surface area (Å²) in [4.78, 5) is 26.3. The quantitative estimate of drug-likeness (QED) is 0.443. The SMILES string of the molecule is Cc1ccc(NC(=O)NC(=NC2Cc3ccccc3C2)Nc2nc(C)cc(C)n2)cc1. The Labute approximate surface area is 182 Å². The number of nitrogens with zero attached hydrogens (tertiary/aromatic N) is 3. The molecule has 1 aliphatic carbocycles. The zero-order chi connectivity index (χ0) is 21.8. The van der Waals surface area contributed by atoms with Crippen molar-refractivity contribution in [1.29, 1.82) is 0 Å². The minimum Gasteiger partial charge on any atom is -0.308 e. The van der Waals surface area contributed by atoms with Crippen LogP contribution in [-0.4, -0.2) is 28.0 Å². The Morgan fingerprint density at radius 1 is 0.903 bits per heavy atom. The van der Waals surface area contributed by atoms with Crippen LogP contribution in [-0.2, 0) is 12.8 Å². The summed E-state index contributed by atoms with van der Waals surface area (Å²) in [6.45, 7) is 5.81. The van der Waals surface area contributed by atoms with Gasteiger partial charge in [-0.3, -0.25) is 10.6 Å². The number of nitrogens with one attached hydrogen (secondary N) is 3. The molecule has 7 heteroatoms. The van der Waals surface area contributed by atoms with E-state index in [0.717, 1.165) is 29.8 Å². The van der Waals surface area contributed by atoms with Crippen LogP contribution in [0.5, 0.6) is 0 Å². The molecular weight excluding hydrogens is 388 g/mol. The molecule has 1 aromatic heterocycles. The number of carbonyl (C=O) groups excluding carboxylic acids is 1. The molecule has 3 aromatic rings. The normalized spacial score (nSPS) is 13.6. The van der Waals surface area contributed by atoms with E-state index in [1.807, 2.05) is 63.2 Å². The molecule has 158 valence electrons. The summed E-state index contributed by atoms with van der Waals surface area (Å²) in [6.07, 6.45) is 1.66. The summed E-state index contributed by atoms with van der Waals surface area (Å²) in [7, 11) is 0. The Balaban J connectivity index is 1.53. The van der Waals surface area contributed by atoms with E-state index < -0.39 is 0 Å². The lowest BCUT2D eigenvalue weighted by molar-refractivity contribution is 0.256. The van der Waals surface area contributed by atoms with Gasteiger partial charge in [-0.1, -0.05) is 42.0 Å². The fourth-order valence-corrected chi connectivity index (χ4v) is 3.70. The number of aryl methyl sites for hydroxylation is 3. The van der Waals surface area contributed by atoms with Gasteiger partial charge in [0.2, 0.25) is 11.9 Å². The molecule has 0 bridgehead atoms. The summed E-state index contributed by atoms with van der Waals surface area (Å²) in [6, 6.07) is 17.5. The van der Waals surface area contributed by atoms with Crippen molar-refractivity contribution in [3.63, 3.8) is 0 Å². The van der Waals surface area contributed by atoms with Crippen LogP contribution in [0.25, 0.3) is 0 Å². The zero-order valence-electron chi connectivity index (χ0n) is 17.9. The van der Waals surface area contributed by atoms with Crippen LogP contribution >= 0.6 is 0 Å². The minimum atomic E-state index is -0.380. The van der Waals surface area contributed by atoms with Crippen LogP contribution in [0.3, 0.4) is 0 Å². The number of fused-ring (bicyclic) bond motifs is 1. The van der Waals surface area contributed by atoms with Gasteiger partial charge in [-0.15, -0.1) is 0 Å². The molecule has 0 saturated carbocycles. The van der Waals surface area contributed by atoms with Gasteiger partial charge >= 0.3 is 6.03 Å². The number of guanidine groups is 1. The summed E-state index contributed by atoms with van der Waals surface area (Å²) in [5.74, 6) is 0.731. The molecule has 0 spiro atoms. The second-order valence-corrected chi connectivity index (χ2v) is 7.85. The van der Waals surface area contributed by atoms with Gasteiger partial charge in [-0.2, -0.15) is 0 Å². The van der Waals surface area contributed by atoms with E-state index in [1.165, 1.54) is 11.1 Å². The number of urea groups is 1. The van der Waals surface area contributed by atoms with Crippen LogP contribution in [0, 0.1) is 20.8 Å². The highest BCUT2D eigenvalue weighted by Gasteiger charge is 2.21. The van der Waals surface area contributed by atoms with Crippen LogP contribution in [0.2, 0.25) is 0 Å². The maximum absolute atomic E-state index is 12.6. The lowest BCUT2D eigenvalue weighted by Crippen LogP contribution is -2.40. The van der Waals surface area contributed by atoms with Crippen molar-refractivity contribution < 1.29 is 4.79 Å². The van der Waals surface area contributed by atoms with Crippen molar-refractivity contribution in [3.8, 4) is 0 Å². The number of aromatic nitrogens is 2. The fraction of sp³-hybridized carbons (Fsp3) is 0.250. The predicted molar refractivity (Wildman–Crippen MR) is 124 cm³/mol. The van der Waals surface area contributed by atoms with Crippen molar-refractivity contribution in [2.24, 2.45) is 4.99 Å². The van der Waals surface area contributed by atoms with Crippen molar-refractivity contribution in [1.82, 2.24) is 15.3 Å². The molecule has 0 atom stereocenters. The number of hydrogen-bond donors (Lipinski definition) is 3. The first-order valence-electron chi connectivity index (χ1n) is 10.3. The first kappa shape index (κ1) is 20.5. The Bertz CT molecular complexity index is 1080. The van der Waals surface area contributed by atoms with E-state index in [4.69, 9.17) is 4.99 Å². The lowest BCUT2D eigenvalue weighted by atomic mass is 10.1. The number of hydrogen-bond acceptors (Lipinski definition) is 4. The first-order valence-corrected chi connectivity index (χ1v) is 10.3. The second-order valence-electron chi connectivity index (χ2n) is 7.85. The highest BCUT2D eigenvalue weighted by atomic mass is 16.2. The Morgan fingerprint density at radius 3 is 2.13 bits per heavy atom. The Kier molecular flexibility index (Phi) is 5.93. The summed E-state index contributed by atoms with van der Waals surface area (Å²) >= 11 is 0. The number of aliphatic imine (C=N–C) groups is 1. The lowest BCUT2D eigenvalue weighted by Gasteiger charge is -2.14. The molecule has 7 nitrogen and oxygen atoms in total. The third-order valence-electron chi connectivity index (χ3n) is 5.09. The zero-order valence-corrected chi connectivity index (χ0v) is 17.9. The first-order chi connectivity index (χ1) is 14.9. The van der Waals surface area contributed by atoms with Gasteiger partial charge in [0.25, 0.3) is 0 Å². The van der Waals surface area contributed by atoms with Gasteiger partial charge in [0, 0.05) is 17.1 Å². The van der Waals surface area contributed by atoms with Crippen molar-refractivity contribution in [3.05, 3.63) is 82.7 Å². The Morgan fingerprint density at radius 2 is 1.52 bits per heavy atom. The minimum absolute atomic E-state index is 0.0329. The molecule has 0 fully saturated rings. The van der Waals surface area contributed by atoms with Gasteiger partial charge in [-0.25, -0.2) is 19.8 Å². The summed E-state index contributed by atoms with van der Waals surface area (Å²) in [5.41, 5.74) is 6.10. The van der Waals surface area contributed by atoms with E-state index >= 15 is 0 Å². The van der Waals surface area contributed by atoms with Crippen LogP contribution in [0.1, 0.15) is 28.1 Å². The molecule has 1 aliphatic rings. The van der Waals surface area contributed by atoms with Crippen LogP contribution in [0.4, 0.5) is 16.4 Å². The average molecular weight is 415 g/mol. The second kappa shape index (κ2) is 8.95. The maximum Gasteiger partial charge on any atom is 0.326 e. The monoisotopic (exact) mass is 414 g/mol. The van der Waals surface area contributed by atoms with Crippen LogP contribution < -0.4 is 16.0 Å². The fourth-order valence-electron chi connectivity index (χ4n) is 3.70. The molecule has 31 heavy (non-hydrogen) atoms.